The standard InChI is InChI=1S/C23H21N5O2/c1-16-7-5-8-17(13-16)28-21(26-11-3-4-12-26)19-14-27(15-20(19)24-28)23(30)18-9-6-10-25(2)22(18)29/h3-13H,14-15H2,1-2H3. The Hall–Kier alpha value is -3.87. The van der Waals surface area contributed by atoms with E-state index in [2.05, 4.69) is 19.1 Å². The minimum Gasteiger partial charge on any atom is -0.328 e. The number of pyridine rings is 1. The van der Waals surface area contributed by atoms with Gasteiger partial charge in [-0.15, -0.1) is 0 Å². The highest BCUT2D eigenvalue weighted by molar-refractivity contribution is 5.94. The number of aryl methyl sites for hydroxylation is 2. The molecule has 0 radical (unpaired) electrons. The summed E-state index contributed by atoms with van der Waals surface area (Å²) in [6.07, 6.45) is 5.59. The molecular weight excluding hydrogens is 378 g/mol. The second kappa shape index (κ2) is 6.88. The van der Waals surface area contributed by atoms with Crippen molar-refractivity contribution < 1.29 is 4.79 Å². The fourth-order valence-corrected chi connectivity index (χ4v) is 3.96. The van der Waals surface area contributed by atoms with Crippen molar-refractivity contribution >= 4 is 5.91 Å². The van der Waals surface area contributed by atoms with E-state index in [1.807, 2.05) is 45.9 Å². The monoisotopic (exact) mass is 399 g/mol. The zero-order valence-electron chi connectivity index (χ0n) is 16.8. The zero-order valence-corrected chi connectivity index (χ0v) is 16.8. The third-order valence-electron chi connectivity index (χ3n) is 5.47. The molecule has 4 heterocycles. The molecule has 30 heavy (non-hydrogen) atoms. The highest BCUT2D eigenvalue weighted by atomic mass is 16.2. The number of benzene rings is 1. The fourth-order valence-electron chi connectivity index (χ4n) is 3.96. The van der Waals surface area contributed by atoms with Gasteiger partial charge in [-0.3, -0.25) is 9.59 Å². The molecule has 5 rings (SSSR count). The Bertz CT molecular complexity index is 1310. The molecule has 0 atom stereocenters. The van der Waals surface area contributed by atoms with Crippen molar-refractivity contribution in [3.8, 4) is 11.5 Å². The van der Waals surface area contributed by atoms with E-state index in [-0.39, 0.29) is 17.0 Å². The SMILES string of the molecule is Cc1cccc(-n2nc3c(c2-n2cccc2)CN(C(=O)c2cccn(C)c2=O)C3)c1. The Balaban J connectivity index is 1.57. The van der Waals surface area contributed by atoms with Crippen LogP contribution in [0, 0.1) is 6.92 Å². The first-order valence-corrected chi connectivity index (χ1v) is 9.79. The largest absolute Gasteiger partial charge is 0.328 e. The van der Waals surface area contributed by atoms with Crippen LogP contribution in [-0.4, -0.2) is 29.7 Å². The Kier molecular flexibility index (Phi) is 4.17. The molecule has 0 saturated heterocycles. The van der Waals surface area contributed by atoms with E-state index in [4.69, 9.17) is 5.10 Å². The lowest BCUT2D eigenvalue weighted by atomic mass is 10.2. The van der Waals surface area contributed by atoms with Crippen LogP contribution in [0.3, 0.4) is 0 Å². The number of amides is 1. The first kappa shape index (κ1) is 18.2. The maximum atomic E-state index is 13.1. The highest BCUT2D eigenvalue weighted by Gasteiger charge is 2.32. The van der Waals surface area contributed by atoms with Crippen LogP contribution < -0.4 is 5.56 Å². The lowest BCUT2D eigenvalue weighted by molar-refractivity contribution is 0.0747. The lowest BCUT2D eigenvalue weighted by Crippen LogP contribution is -2.33. The van der Waals surface area contributed by atoms with Crippen molar-refractivity contribution in [2.24, 2.45) is 7.05 Å². The summed E-state index contributed by atoms with van der Waals surface area (Å²) in [5.74, 6) is 0.645. The van der Waals surface area contributed by atoms with Crippen LogP contribution >= 0.6 is 0 Å². The Morgan fingerprint density at radius 3 is 2.57 bits per heavy atom. The molecule has 0 unspecified atom stereocenters. The molecule has 1 aliphatic heterocycles. The zero-order chi connectivity index (χ0) is 20.8. The van der Waals surface area contributed by atoms with E-state index in [0.29, 0.717) is 13.1 Å². The number of hydrogen-bond acceptors (Lipinski definition) is 3. The van der Waals surface area contributed by atoms with Crippen LogP contribution in [0.1, 0.15) is 27.2 Å². The van der Waals surface area contributed by atoms with Gasteiger partial charge in [0, 0.05) is 31.2 Å². The molecule has 0 fully saturated rings. The number of rotatable bonds is 3. The molecule has 7 nitrogen and oxygen atoms in total. The molecule has 0 aliphatic carbocycles. The molecule has 0 N–H and O–H groups in total. The van der Waals surface area contributed by atoms with Gasteiger partial charge >= 0.3 is 0 Å². The van der Waals surface area contributed by atoms with Gasteiger partial charge in [-0.1, -0.05) is 12.1 Å². The van der Waals surface area contributed by atoms with E-state index in [9.17, 15) is 9.59 Å². The van der Waals surface area contributed by atoms with Gasteiger partial charge in [-0.25, -0.2) is 4.68 Å². The van der Waals surface area contributed by atoms with Gasteiger partial charge in [0.25, 0.3) is 11.5 Å². The first-order valence-electron chi connectivity index (χ1n) is 9.79. The lowest BCUT2D eigenvalue weighted by Gasteiger charge is -2.17. The Labute approximate surface area is 173 Å². The summed E-state index contributed by atoms with van der Waals surface area (Å²) < 4.78 is 5.37. The number of hydrogen-bond donors (Lipinski definition) is 0. The topological polar surface area (TPSA) is 65.1 Å². The van der Waals surface area contributed by atoms with Gasteiger partial charge in [0.1, 0.15) is 11.4 Å². The third-order valence-corrected chi connectivity index (χ3v) is 5.47. The minimum atomic E-state index is -0.289. The average Bonchev–Trinajstić information content (AvgIpc) is 3.45. The van der Waals surface area contributed by atoms with Gasteiger partial charge in [0.2, 0.25) is 0 Å². The van der Waals surface area contributed by atoms with Crippen molar-refractivity contribution in [2.75, 3.05) is 0 Å². The van der Waals surface area contributed by atoms with Crippen molar-refractivity contribution in [1.29, 1.82) is 0 Å². The second-order valence-electron chi connectivity index (χ2n) is 7.59. The molecule has 7 heteroatoms. The van der Waals surface area contributed by atoms with E-state index in [1.54, 1.807) is 30.3 Å². The van der Waals surface area contributed by atoms with Crippen LogP contribution in [0.5, 0.6) is 0 Å². The van der Waals surface area contributed by atoms with Gasteiger partial charge in [0.15, 0.2) is 0 Å². The van der Waals surface area contributed by atoms with Crippen molar-refractivity contribution in [3.05, 3.63) is 99.9 Å². The molecular formula is C23H21N5O2. The number of fused-ring (bicyclic) bond motifs is 1. The van der Waals surface area contributed by atoms with Crippen molar-refractivity contribution in [2.45, 2.75) is 20.0 Å². The normalized spacial score (nSPS) is 12.9. The van der Waals surface area contributed by atoms with E-state index >= 15 is 0 Å². The van der Waals surface area contributed by atoms with Gasteiger partial charge in [-0.05, 0) is 48.9 Å². The van der Waals surface area contributed by atoms with Crippen LogP contribution in [0.2, 0.25) is 0 Å². The molecule has 1 amide bonds. The number of carbonyl (C=O) groups excluding carboxylic acids is 1. The quantitative estimate of drug-likeness (QED) is 0.532. The Morgan fingerprint density at radius 1 is 1.00 bits per heavy atom. The van der Waals surface area contributed by atoms with Gasteiger partial charge in [0.05, 0.1) is 24.5 Å². The van der Waals surface area contributed by atoms with Crippen LogP contribution in [0.15, 0.2) is 71.9 Å². The van der Waals surface area contributed by atoms with E-state index < -0.39 is 0 Å². The molecule has 0 saturated carbocycles. The third kappa shape index (κ3) is 2.86. The molecule has 4 aromatic rings. The van der Waals surface area contributed by atoms with Crippen LogP contribution in [0.25, 0.3) is 11.5 Å². The molecule has 0 bridgehead atoms. The molecule has 1 aromatic carbocycles. The van der Waals surface area contributed by atoms with E-state index in [1.165, 1.54) is 4.57 Å². The summed E-state index contributed by atoms with van der Waals surface area (Å²) in [5, 5.41) is 4.84. The molecule has 1 aliphatic rings. The Morgan fingerprint density at radius 2 is 1.80 bits per heavy atom. The van der Waals surface area contributed by atoms with Crippen molar-refractivity contribution in [1.82, 2.24) is 23.8 Å². The smallest absolute Gasteiger partial charge is 0.263 e. The second-order valence-corrected chi connectivity index (χ2v) is 7.59. The summed E-state index contributed by atoms with van der Waals surface area (Å²) >= 11 is 0. The number of aromatic nitrogens is 4. The minimum absolute atomic E-state index is 0.180. The summed E-state index contributed by atoms with van der Waals surface area (Å²) in [6, 6.07) is 15.4. The highest BCUT2D eigenvalue weighted by Crippen LogP contribution is 2.31. The van der Waals surface area contributed by atoms with E-state index in [0.717, 1.165) is 28.3 Å². The fraction of sp³-hybridized carbons (Fsp3) is 0.174. The number of carbonyl (C=O) groups is 1. The van der Waals surface area contributed by atoms with Crippen LogP contribution in [0.4, 0.5) is 0 Å². The summed E-state index contributed by atoms with van der Waals surface area (Å²) in [4.78, 5) is 27.1. The molecule has 150 valence electrons. The van der Waals surface area contributed by atoms with Crippen LogP contribution in [-0.2, 0) is 20.1 Å². The predicted octanol–water partition coefficient (Wildman–Crippen LogP) is 2.83. The molecule has 3 aromatic heterocycles. The van der Waals surface area contributed by atoms with Crippen molar-refractivity contribution in [3.63, 3.8) is 0 Å². The maximum Gasteiger partial charge on any atom is 0.263 e. The number of nitrogens with zero attached hydrogens (tertiary/aromatic N) is 5. The van der Waals surface area contributed by atoms with Gasteiger partial charge < -0.3 is 14.0 Å². The first-order chi connectivity index (χ1) is 14.5. The predicted molar refractivity (Wildman–Crippen MR) is 113 cm³/mol. The average molecular weight is 399 g/mol. The molecule has 0 spiro atoms. The summed E-state index contributed by atoms with van der Waals surface area (Å²) in [6.45, 7) is 2.83. The summed E-state index contributed by atoms with van der Waals surface area (Å²) in [7, 11) is 1.65. The maximum absolute atomic E-state index is 13.1. The van der Waals surface area contributed by atoms with Gasteiger partial charge in [-0.2, -0.15) is 5.10 Å². The summed E-state index contributed by atoms with van der Waals surface area (Å²) in [5.41, 5.74) is 3.86.